The first-order valence-corrected chi connectivity index (χ1v) is 5.68. The Bertz CT molecular complexity index is 244. The van der Waals surface area contributed by atoms with Crippen molar-refractivity contribution in [2.75, 3.05) is 13.2 Å². The summed E-state index contributed by atoms with van der Waals surface area (Å²) >= 11 is 3.23. The third-order valence-electron chi connectivity index (χ3n) is 1.95. The lowest BCUT2D eigenvalue weighted by Crippen LogP contribution is -2.31. The summed E-state index contributed by atoms with van der Waals surface area (Å²) in [6.07, 6.45) is -0.168. The van der Waals surface area contributed by atoms with Crippen LogP contribution in [0, 0.1) is 0 Å². The van der Waals surface area contributed by atoms with Crippen LogP contribution >= 0.6 is 15.9 Å². The van der Waals surface area contributed by atoms with Crippen molar-refractivity contribution in [3.63, 3.8) is 0 Å². The zero-order valence-corrected chi connectivity index (χ0v) is 11.1. The first kappa shape index (κ1) is 12.9. The molecule has 0 radical (unpaired) electrons. The van der Waals surface area contributed by atoms with Crippen molar-refractivity contribution in [1.29, 1.82) is 0 Å². The third-order valence-corrected chi connectivity index (χ3v) is 2.28. The van der Waals surface area contributed by atoms with E-state index < -0.39 is 10.1 Å². The van der Waals surface area contributed by atoms with Crippen LogP contribution in [0.1, 0.15) is 27.7 Å². The zero-order valence-electron chi connectivity index (χ0n) is 9.50. The molecule has 0 N–H and O–H groups in total. The van der Waals surface area contributed by atoms with Gasteiger partial charge in [0.25, 0.3) is 0 Å². The minimum absolute atomic E-state index is 0.168. The molecule has 0 aromatic heterocycles. The van der Waals surface area contributed by atoms with Gasteiger partial charge in [0.2, 0.25) is 0 Å². The highest BCUT2D eigenvalue weighted by Gasteiger charge is 2.34. The standard InChI is InChI=1S/C10H17BrO4/c1-9(2,11)8(12)13-5-7-6-14-10(3,4)15-7/h7H,5-6H2,1-4H3/t7-/m1/s1. The minimum atomic E-state index is -0.651. The molecule has 1 aliphatic rings. The molecule has 0 spiro atoms. The number of esters is 1. The van der Waals surface area contributed by atoms with E-state index in [0.29, 0.717) is 6.61 Å². The van der Waals surface area contributed by atoms with Gasteiger partial charge in [0, 0.05) is 0 Å². The van der Waals surface area contributed by atoms with E-state index in [0.717, 1.165) is 0 Å². The molecule has 15 heavy (non-hydrogen) atoms. The summed E-state index contributed by atoms with van der Waals surface area (Å²) in [5.41, 5.74) is 0. The lowest BCUT2D eigenvalue weighted by Gasteiger charge is -2.19. The van der Waals surface area contributed by atoms with Gasteiger partial charge in [-0.15, -0.1) is 0 Å². The normalized spacial score (nSPS) is 25.3. The van der Waals surface area contributed by atoms with Gasteiger partial charge >= 0.3 is 5.97 Å². The van der Waals surface area contributed by atoms with Crippen molar-refractivity contribution in [3.8, 4) is 0 Å². The first-order chi connectivity index (χ1) is 6.71. The molecule has 1 rings (SSSR count). The topological polar surface area (TPSA) is 44.8 Å². The van der Waals surface area contributed by atoms with Crippen LogP contribution in [-0.4, -0.2) is 35.4 Å². The Hall–Kier alpha value is -0.130. The summed E-state index contributed by atoms with van der Waals surface area (Å²) in [7, 11) is 0. The number of hydrogen-bond acceptors (Lipinski definition) is 4. The average Bonchev–Trinajstić information content (AvgIpc) is 2.39. The molecular weight excluding hydrogens is 264 g/mol. The minimum Gasteiger partial charge on any atom is -0.462 e. The van der Waals surface area contributed by atoms with Crippen LogP contribution in [-0.2, 0) is 19.0 Å². The summed E-state index contributed by atoms with van der Waals surface area (Å²) in [5, 5.41) is 0. The molecule has 0 unspecified atom stereocenters. The zero-order chi connectivity index (χ0) is 11.7. The summed E-state index contributed by atoms with van der Waals surface area (Å²) in [5.74, 6) is -0.864. The van der Waals surface area contributed by atoms with E-state index in [9.17, 15) is 4.79 Å². The third kappa shape index (κ3) is 4.09. The maximum Gasteiger partial charge on any atom is 0.322 e. The van der Waals surface area contributed by atoms with Crippen molar-refractivity contribution in [2.45, 2.75) is 43.9 Å². The molecule has 0 aliphatic carbocycles. The van der Waals surface area contributed by atoms with Crippen molar-refractivity contribution in [3.05, 3.63) is 0 Å². The number of hydrogen-bond donors (Lipinski definition) is 0. The monoisotopic (exact) mass is 280 g/mol. The summed E-state index contributed by atoms with van der Waals surface area (Å²) < 4.78 is 15.3. The number of rotatable bonds is 3. The molecule has 0 bridgehead atoms. The molecule has 0 aromatic carbocycles. The maximum atomic E-state index is 11.4. The predicted molar refractivity (Wildman–Crippen MR) is 58.9 cm³/mol. The van der Waals surface area contributed by atoms with E-state index in [1.165, 1.54) is 0 Å². The van der Waals surface area contributed by atoms with Gasteiger partial charge in [0.1, 0.15) is 17.0 Å². The number of carbonyl (C=O) groups is 1. The molecule has 1 heterocycles. The van der Waals surface area contributed by atoms with Crippen molar-refractivity contribution >= 4 is 21.9 Å². The van der Waals surface area contributed by atoms with Gasteiger partial charge in [-0.2, -0.15) is 0 Å². The lowest BCUT2D eigenvalue weighted by atomic mass is 10.2. The van der Waals surface area contributed by atoms with Crippen molar-refractivity contribution < 1.29 is 19.0 Å². The molecule has 0 amide bonds. The fraction of sp³-hybridized carbons (Fsp3) is 0.900. The Morgan fingerprint density at radius 1 is 1.60 bits per heavy atom. The second-order valence-electron chi connectivity index (χ2n) is 4.52. The molecule has 4 nitrogen and oxygen atoms in total. The highest BCUT2D eigenvalue weighted by molar-refractivity contribution is 9.10. The van der Waals surface area contributed by atoms with Crippen molar-refractivity contribution in [1.82, 2.24) is 0 Å². The molecule has 0 aromatic rings. The Morgan fingerprint density at radius 3 is 2.60 bits per heavy atom. The van der Waals surface area contributed by atoms with Crippen LogP contribution in [0.4, 0.5) is 0 Å². The van der Waals surface area contributed by atoms with Gasteiger partial charge in [-0.3, -0.25) is 4.79 Å². The van der Waals surface area contributed by atoms with Crippen LogP contribution < -0.4 is 0 Å². The van der Waals surface area contributed by atoms with Crippen molar-refractivity contribution in [2.24, 2.45) is 0 Å². The molecule has 88 valence electrons. The molecule has 1 saturated heterocycles. The summed E-state index contributed by atoms with van der Waals surface area (Å²) in [4.78, 5) is 11.4. The predicted octanol–water partition coefficient (Wildman–Crippen LogP) is 1.85. The van der Waals surface area contributed by atoms with Gasteiger partial charge in [0.15, 0.2) is 5.79 Å². The molecular formula is C10H17BrO4. The number of carbonyl (C=O) groups excluding carboxylic acids is 1. The Labute approximate surface area is 98.4 Å². The fourth-order valence-corrected chi connectivity index (χ4v) is 1.30. The van der Waals surface area contributed by atoms with E-state index in [1.807, 2.05) is 13.8 Å². The average molecular weight is 281 g/mol. The maximum absolute atomic E-state index is 11.4. The Morgan fingerprint density at radius 2 is 2.20 bits per heavy atom. The highest BCUT2D eigenvalue weighted by atomic mass is 79.9. The van der Waals surface area contributed by atoms with Crippen LogP contribution in [0.15, 0.2) is 0 Å². The van der Waals surface area contributed by atoms with Crippen LogP contribution in [0.5, 0.6) is 0 Å². The molecule has 1 aliphatic heterocycles. The Kier molecular flexibility index (Phi) is 3.79. The lowest BCUT2D eigenvalue weighted by molar-refractivity contribution is -0.159. The summed E-state index contributed by atoms with van der Waals surface area (Å²) in [6, 6.07) is 0. The second kappa shape index (κ2) is 4.39. The molecule has 1 atom stereocenters. The van der Waals surface area contributed by atoms with E-state index in [-0.39, 0.29) is 18.7 Å². The van der Waals surface area contributed by atoms with E-state index in [4.69, 9.17) is 14.2 Å². The quantitative estimate of drug-likeness (QED) is 0.585. The van der Waals surface area contributed by atoms with Gasteiger partial charge in [-0.05, 0) is 27.7 Å². The van der Waals surface area contributed by atoms with Gasteiger partial charge in [-0.25, -0.2) is 0 Å². The van der Waals surface area contributed by atoms with E-state index >= 15 is 0 Å². The van der Waals surface area contributed by atoms with Crippen LogP contribution in [0.3, 0.4) is 0 Å². The highest BCUT2D eigenvalue weighted by Crippen LogP contribution is 2.23. The number of halogens is 1. The smallest absolute Gasteiger partial charge is 0.322 e. The van der Waals surface area contributed by atoms with Gasteiger partial charge in [0.05, 0.1) is 6.61 Å². The second-order valence-corrected chi connectivity index (χ2v) is 6.50. The van der Waals surface area contributed by atoms with Gasteiger partial charge in [-0.1, -0.05) is 15.9 Å². The molecule has 1 fully saturated rings. The molecule has 0 saturated carbocycles. The summed E-state index contributed by atoms with van der Waals surface area (Å²) in [6.45, 7) is 7.85. The van der Waals surface area contributed by atoms with Crippen LogP contribution in [0.25, 0.3) is 0 Å². The van der Waals surface area contributed by atoms with E-state index in [2.05, 4.69) is 15.9 Å². The van der Waals surface area contributed by atoms with Crippen LogP contribution in [0.2, 0.25) is 0 Å². The fourth-order valence-electron chi connectivity index (χ4n) is 1.19. The first-order valence-electron chi connectivity index (χ1n) is 4.89. The largest absolute Gasteiger partial charge is 0.462 e. The Balaban J connectivity index is 2.31. The van der Waals surface area contributed by atoms with Gasteiger partial charge < -0.3 is 14.2 Å². The number of alkyl halides is 1. The number of ether oxygens (including phenoxy) is 3. The SMILES string of the molecule is CC1(C)OC[C@@H](COC(=O)C(C)(C)Br)O1. The molecule has 5 heteroatoms. The van der Waals surface area contributed by atoms with E-state index in [1.54, 1.807) is 13.8 Å².